The van der Waals surface area contributed by atoms with Crippen molar-refractivity contribution < 1.29 is 9.90 Å². The first-order valence-corrected chi connectivity index (χ1v) is 11.3. The van der Waals surface area contributed by atoms with E-state index in [-0.39, 0.29) is 23.3 Å². The van der Waals surface area contributed by atoms with Gasteiger partial charge in [-0.15, -0.1) is 11.3 Å². The standard InChI is InChI=1S/C22H27N5O3S/c1-22(2,3)16-13-31-21(23-16)25-19(29)10-14-6-8-27-18(9-14)24-17(11-20(27)30)26-7-4-5-15(28)12-26/h6,8-9,11,13,15,28H,4-5,7,10,12H2,1-3H3,(H,23,25,29)/t15-/m1/s1. The highest BCUT2D eigenvalue weighted by molar-refractivity contribution is 7.13. The van der Waals surface area contributed by atoms with Crippen LogP contribution in [0.15, 0.2) is 34.6 Å². The Hall–Kier alpha value is -2.78. The first kappa shape index (κ1) is 21.5. The molecular weight excluding hydrogens is 414 g/mol. The Bertz CT molecular complexity index is 1160. The number of rotatable bonds is 4. The molecule has 0 bridgehead atoms. The Balaban J connectivity index is 1.52. The van der Waals surface area contributed by atoms with Gasteiger partial charge in [-0.05, 0) is 30.5 Å². The number of β-amino-alcohol motifs (C(OH)–C–C–N with tert-alkyl or cyclic N) is 1. The van der Waals surface area contributed by atoms with Crippen LogP contribution in [0.5, 0.6) is 0 Å². The predicted octanol–water partition coefficient (Wildman–Crippen LogP) is 2.59. The second-order valence-corrected chi connectivity index (χ2v) is 9.83. The number of fused-ring (bicyclic) bond motifs is 1. The molecule has 0 aliphatic carbocycles. The first-order valence-electron chi connectivity index (χ1n) is 10.4. The van der Waals surface area contributed by atoms with Crippen LogP contribution in [-0.2, 0) is 16.6 Å². The number of nitrogens with zero attached hydrogens (tertiary/aromatic N) is 4. The second-order valence-electron chi connectivity index (χ2n) is 8.97. The molecule has 31 heavy (non-hydrogen) atoms. The normalized spacial score (nSPS) is 17.2. The third-order valence-electron chi connectivity index (χ3n) is 5.32. The number of piperidine rings is 1. The Morgan fingerprint density at radius 2 is 2.13 bits per heavy atom. The van der Waals surface area contributed by atoms with Crippen molar-refractivity contribution in [3.05, 3.63) is 51.4 Å². The molecule has 1 amide bonds. The molecule has 1 saturated heterocycles. The van der Waals surface area contributed by atoms with E-state index in [1.807, 2.05) is 10.3 Å². The van der Waals surface area contributed by atoms with Crippen LogP contribution >= 0.6 is 11.3 Å². The number of aromatic nitrogens is 3. The third-order valence-corrected chi connectivity index (χ3v) is 6.08. The summed E-state index contributed by atoms with van der Waals surface area (Å²) in [4.78, 5) is 36.1. The summed E-state index contributed by atoms with van der Waals surface area (Å²) in [5, 5.41) is 15.3. The van der Waals surface area contributed by atoms with E-state index in [0.29, 0.717) is 23.1 Å². The van der Waals surface area contributed by atoms with Crippen molar-refractivity contribution in [3.8, 4) is 0 Å². The van der Waals surface area contributed by atoms with Crippen molar-refractivity contribution in [1.29, 1.82) is 0 Å². The molecule has 1 atom stereocenters. The number of anilines is 2. The summed E-state index contributed by atoms with van der Waals surface area (Å²) >= 11 is 1.41. The third kappa shape index (κ3) is 4.94. The van der Waals surface area contributed by atoms with Gasteiger partial charge in [-0.1, -0.05) is 20.8 Å². The molecule has 3 aromatic heterocycles. The van der Waals surface area contributed by atoms with Crippen molar-refractivity contribution in [3.63, 3.8) is 0 Å². The van der Waals surface area contributed by atoms with Crippen LogP contribution < -0.4 is 15.8 Å². The van der Waals surface area contributed by atoms with Crippen LogP contribution in [0.2, 0.25) is 0 Å². The number of amides is 1. The van der Waals surface area contributed by atoms with Crippen molar-refractivity contribution in [2.24, 2.45) is 0 Å². The monoisotopic (exact) mass is 441 g/mol. The van der Waals surface area contributed by atoms with E-state index in [0.717, 1.165) is 30.6 Å². The molecule has 164 valence electrons. The molecule has 8 nitrogen and oxygen atoms in total. The molecule has 0 saturated carbocycles. The molecule has 0 aromatic carbocycles. The van der Waals surface area contributed by atoms with E-state index in [2.05, 4.69) is 36.1 Å². The molecule has 2 N–H and O–H groups in total. The minimum Gasteiger partial charge on any atom is -0.391 e. The number of carbonyl (C=O) groups excluding carboxylic acids is 1. The van der Waals surface area contributed by atoms with Crippen LogP contribution in [-0.4, -0.2) is 44.6 Å². The van der Waals surface area contributed by atoms with E-state index in [1.54, 1.807) is 18.3 Å². The fourth-order valence-electron chi connectivity index (χ4n) is 3.59. The van der Waals surface area contributed by atoms with Crippen molar-refractivity contribution >= 4 is 33.8 Å². The van der Waals surface area contributed by atoms with E-state index in [9.17, 15) is 14.7 Å². The quantitative estimate of drug-likeness (QED) is 0.646. The van der Waals surface area contributed by atoms with E-state index in [4.69, 9.17) is 0 Å². The van der Waals surface area contributed by atoms with Crippen LogP contribution in [0.3, 0.4) is 0 Å². The van der Waals surface area contributed by atoms with E-state index in [1.165, 1.54) is 21.8 Å². The molecule has 1 aliphatic rings. The van der Waals surface area contributed by atoms with Gasteiger partial charge in [-0.25, -0.2) is 9.97 Å². The highest BCUT2D eigenvalue weighted by Crippen LogP contribution is 2.26. The van der Waals surface area contributed by atoms with Gasteiger partial charge in [0.15, 0.2) is 5.13 Å². The molecule has 0 unspecified atom stereocenters. The largest absolute Gasteiger partial charge is 0.391 e. The van der Waals surface area contributed by atoms with Gasteiger partial charge < -0.3 is 15.3 Å². The Morgan fingerprint density at radius 1 is 1.32 bits per heavy atom. The lowest BCUT2D eigenvalue weighted by Gasteiger charge is -2.30. The lowest BCUT2D eigenvalue weighted by atomic mass is 9.93. The summed E-state index contributed by atoms with van der Waals surface area (Å²) in [5.41, 5.74) is 1.93. The van der Waals surface area contributed by atoms with Crippen LogP contribution in [0.4, 0.5) is 10.9 Å². The number of aliphatic hydroxyl groups is 1. The van der Waals surface area contributed by atoms with Crippen molar-refractivity contribution in [2.45, 2.75) is 51.6 Å². The minimum atomic E-state index is -0.409. The smallest absolute Gasteiger partial charge is 0.259 e. The maximum absolute atomic E-state index is 12.5. The molecule has 0 spiro atoms. The number of aliphatic hydroxyl groups excluding tert-OH is 1. The molecule has 9 heteroatoms. The van der Waals surface area contributed by atoms with Gasteiger partial charge in [0.05, 0.1) is 18.2 Å². The van der Waals surface area contributed by atoms with Gasteiger partial charge >= 0.3 is 0 Å². The van der Waals surface area contributed by atoms with Gasteiger partial charge in [0.1, 0.15) is 11.5 Å². The summed E-state index contributed by atoms with van der Waals surface area (Å²) in [6, 6.07) is 5.00. The van der Waals surface area contributed by atoms with Crippen LogP contribution in [0, 0.1) is 0 Å². The first-order chi connectivity index (χ1) is 14.7. The highest BCUT2D eigenvalue weighted by atomic mass is 32.1. The van der Waals surface area contributed by atoms with Crippen molar-refractivity contribution in [2.75, 3.05) is 23.3 Å². The number of hydrogen-bond acceptors (Lipinski definition) is 7. The second kappa shape index (κ2) is 8.39. The average Bonchev–Trinajstić information content (AvgIpc) is 3.16. The molecule has 1 fully saturated rings. The predicted molar refractivity (Wildman–Crippen MR) is 122 cm³/mol. The molecule has 0 radical (unpaired) electrons. The molecule has 4 rings (SSSR count). The van der Waals surface area contributed by atoms with Crippen LogP contribution in [0.1, 0.15) is 44.9 Å². The zero-order chi connectivity index (χ0) is 22.2. The Morgan fingerprint density at radius 3 is 2.84 bits per heavy atom. The molecule has 3 aromatic rings. The maximum atomic E-state index is 12.5. The zero-order valence-electron chi connectivity index (χ0n) is 18.0. The van der Waals surface area contributed by atoms with Crippen molar-refractivity contribution in [1.82, 2.24) is 14.4 Å². The van der Waals surface area contributed by atoms with Gasteiger partial charge in [-0.2, -0.15) is 0 Å². The fraction of sp³-hybridized carbons (Fsp3) is 0.455. The van der Waals surface area contributed by atoms with Gasteiger partial charge in [0, 0.05) is 36.1 Å². The maximum Gasteiger partial charge on any atom is 0.259 e. The summed E-state index contributed by atoms with van der Waals surface area (Å²) in [6.07, 6.45) is 3.01. The number of pyridine rings is 1. The van der Waals surface area contributed by atoms with Gasteiger partial charge in [-0.3, -0.25) is 14.0 Å². The molecule has 1 aliphatic heterocycles. The topological polar surface area (TPSA) is 99.8 Å². The summed E-state index contributed by atoms with van der Waals surface area (Å²) in [7, 11) is 0. The number of thiazole rings is 1. The number of carbonyl (C=O) groups is 1. The van der Waals surface area contributed by atoms with Crippen LogP contribution in [0.25, 0.3) is 5.65 Å². The molecular formula is C22H27N5O3S. The zero-order valence-corrected chi connectivity index (χ0v) is 18.8. The number of nitrogens with one attached hydrogen (secondary N) is 1. The average molecular weight is 442 g/mol. The van der Waals surface area contributed by atoms with Gasteiger partial charge in [0.2, 0.25) is 5.91 Å². The summed E-state index contributed by atoms with van der Waals surface area (Å²) in [5.74, 6) is 0.389. The summed E-state index contributed by atoms with van der Waals surface area (Å²) in [6.45, 7) is 7.46. The Kier molecular flexibility index (Phi) is 5.81. The lowest BCUT2D eigenvalue weighted by molar-refractivity contribution is -0.115. The SMILES string of the molecule is CC(C)(C)c1csc(NC(=O)Cc2ccn3c(=O)cc(N4CCC[C@@H](O)C4)nc3c2)n1. The van der Waals surface area contributed by atoms with Gasteiger partial charge in [0.25, 0.3) is 5.56 Å². The fourth-order valence-corrected chi connectivity index (χ4v) is 4.54. The summed E-state index contributed by atoms with van der Waals surface area (Å²) < 4.78 is 1.46. The Labute approximate surface area is 184 Å². The van der Waals surface area contributed by atoms with E-state index < -0.39 is 6.10 Å². The highest BCUT2D eigenvalue weighted by Gasteiger charge is 2.20. The minimum absolute atomic E-state index is 0.0706. The van der Waals surface area contributed by atoms with E-state index >= 15 is 0 Å². The number of hydrogen-bond donors (Lipinski definition) is 2. The lowest BCUT2D eigenvalue weighted by Crippen LogP contribution is -2.39. The molecule has 4 heterocycles.